The number of halogens is 1. The summed E-state index contributed by atoms with van der Waals surface area (Å²) in [5, 5.41) is 32.5. The zero-order valence-electron chi connectivity index (χ0n) is 29.5. The molecule has 4 saturated heterocycles. The van der Waals surface area contributed by atoms with Gasteiger partial charge in [0.2, 0.25) is 0 Å². The van der Waals surface area contributed by atoms with Gasteiger partial charge >= 0.3 is 59.1 Å². The van der Waals surface area contributed by atoms with Crippen LogP contribution in [0, 0.1) is 26.0 Å². The third-order valence-corrected chi connectivity index (χ3v) is 8.40. The van der Waals surface area contributed by atoms with Crippen LogP contribution in [-0.4, -0.2) is 117 Å². The van der Waals surface area contributed by atoms with Crippen LogP contribution in [0.15, 0.2) is 48.5 Å². The van der Waals surface area contributed by atoms with Crippen LogP contribution in [0.1, 0.15) is 27.1 Å². The van der Waals surface area contributed by atoms with Crippen molar-refractivity contribution >= 4 is 23.5 Å². The van der Waals surface area contributed by atoms with Gasteiger partial charge in [-0.05, 0) is 63.0 Å². The van der Waals surface area contributed by atoms with Gasteiger partial charge < -0.3 is 31.3 Å². The molecule has 0 radical (unpaired) electrons. The number of nitro groups is 2. The van der Waals surface area contributed by atoms with Gasteiger partial charge in [-0.2, -0.15) is 0 Å². The second kappa shape index (κ2) is 26.0. The minimum Gasteiger partial charge on any atom is -1.00 e. The number of hydrogen-bond donors (Lipinski definition) is 1. The van der Waals surface area contributed by atoms with Crippen molar-refractivity contribution in [1.29, 1.82) is 0 Å². The van der Waals surface area contributed by atoms with Crippen molar-refractivity contribution < 1.29 is 99.2 Å². The van der Waals surface area contributed by atoms with Gasteiger partial charge in [-0.3, -0.25) is 34.8 Å². The first kappa shape index (κ1) is 45.2. The molecule has 0 aliphatic carbocycles. The normalized spacial score (nSPS) is 18.6. The van der Waals surface area contributed by atoms with Gasteiger partial charge in [0.05, 0.1) is 36.3 Å². The molecule has 0 atom stereocenters. The summed E-state index contributed by atoms with van der Waals surface area (Å²) in [7, 11) is 0. The molecule has 15 nitrogen and oxygen atoms in total. The van der Waals surface area contributed by atoms with E-state index in [0.717, 1.165) is 115 Å². The predicted molar refractivity (Wildman–Crippen MR) is 170 cm³/mol. The summed E-state index contributed by atoms with van der Waals surface area (Å²) in [4.78, 5) is 38.5. The summed E-state index contributed by atoms with van der Waals surface area (Å²) in [6.45, 7) is 12.2. The molecular weight excluding hydrogens is 665 g/mol. The van der Waals surface area contributed by atoms with E-state index in [1.807, 2.05) is 12.1 Å². The number of piperidine rings is 2. The van der Waals surface area contributed by atoms with E-state index in [1.165, 1.54) is 25.9 Å². The van der Waals surface area contributed by atoms with Gasteiger partial charge in [-0.25, -0.2) is 4.39 Å². The maximum absolute atomic E-state index is 12.1. The zero-order valence-corrected chi connectivity index (χ0v) is 32.5. The fourth-order valence-corrected chi connectivity index (χ4v) is 5.89. The Bertz CT molecular complexity index is 1190. The Morgan fingerprint density at radius 2 is 1.12 bits per heavy atom. The topological polar surface area (TPSA) is 176 Å². The van der Waals surface area contributed by atoms with Crippen LogP contribution in [0.3, 0.4) is 0 Å². The molecule has 0 bridgehead atoms. The van der Waals surface area contributed by atoms with Gasteiger partial charge in [-0.15, -0.1) is 0 Å². The summed E-state index contributed by atoms with van der Waals surface area (Å²) in [5.74, 6) is -0.467. The average molecular weight is 711 g/mol. The molecule has 0 aromatic heterocycles. The predicted octanol–water partition coefficient (Wildman–Crippen LogP) is -3.74. The number of morpholine rings is 2. The Kier molecular flexibility index (Phi) is 24.0. The molecule has 4 fully saturated rings. The third kappa shape index (κ3) is 16.8. The smallest absolute Gasteiger partial charge is 1.00 e. The number of carbonyl (C=O) groups is 1. The van der Waals surface area contributed by atoms with Crippen LogP contribution < -0.4 is 74.6 Å². The maximum atomic E-state index is 12.1. The minimum atomic E-state index is -0.570. The van der Waals surface area contributed by atoms with Crippen LogP contribution in [-0.2, 0) is 19.2 Å². The summed E-state index contributed by atoms with van der Waals surface area (Å²) >= 11 is 0. The van der Waals surface area contributed by atoms with E-state index < -0.39 is 10.7 Å². The fraction of sp³-hybridized carbons (Fsp3) is 0.581. The Morgan fingerprint density at radius 1 is 0.735 bits per heavy atom. The average Bonchev–Trinajstić information content (AvgIpc) is 3.14. The number of rotatable bonds is 6. The van der Waals surface area contributed by atoms with Crippen molar-refractivity contribution in [3.05, 3.63) is 74.6 Å². The molecule has 262 valence electrons. The van der Waals surface area contributed by atoms with Crippen molar-refractivity contribution in [3.8, 4) is 0 Å². The first-order chi connectivity index (χ1) is 22.8. The van der Waals surface area contributed by atoms with E-state index in [9.17, 15) is 24.6 Å². The first-order valence-electron chi connectivity index (χ1n) is 15.8. The van der Waals surface area contributed by atoms with Crippen LogP contribution in [0.5, 0.6) is 0 Å². The van der Waals surface area contributed by atoms with Crippen LogP contribution in [0.2, 0.25) is 0 Å². The van der Waals surface area contributed by atoms with Crippen molar-refractivity contribution in [1.82, 2.24) is 15.1 Å². The van der Waals surface area contributed by atoms with Crippen molar-refractivity contribution in [2.24, 2.45) is 0 Å². The van der Waals surface area contributed by atoms with E-state index in [0.29, 0.717) is 6.04 Å². The van der Waals surface area contributed by atoms with E-state index in [4.69, 9.17) is 19.5 Å². The number of nitrogens with one attached hydrogen (secondary N) is 1. The van der Waals surface area contributed by atoms with Crippen LogP contribution >= 0.6 is 0 Å². The molecule has 2 aromatic rings. The zero-order chi connectivity index (χ0) is 33.9. The number of anilines is 1. The SMILES string of the molecule is C1CC(N2CCOCC2)CCN1.O=CO[O-].O=[N+]([O-])c1ccc(F)cc1.O=[N+]([O-])c1ccc(N2CCC(N3CCOCC3)CC2)cc1.[H-].[Na+].[Na+]. The quantitative estimate of drug-likeness (QED) is 0.102. The standard InChI is InChI=1S/C15H21N3O3.C9H18N2O.C6H4FNO2.CH2O3.2Na.H/c19-18(20)15-3-1-13(2-4-15)16-7-5-14(6-8-16)17-9-11-21-12-10-17;1-3-10-4-2-9(1)11-5-7-12-8-6-11;7-5-1-3-6(4-2-5)8(9)10;2-1-4-3;;;/h1-4,14H,5-12H2;9-10H,1-8H2;1-4H;1,3H;;;/q;;;;2*+1;-1/p-1. The fourth-order valence-electron chi connectivity index (χ4n) is 5.89. The van der Waals surface area contributed by atoms with Gasteiger partial charge in [0, 0.05) is 81.3 Å². The Morgan fingerprint density at radius 3 is 1.51 bits per heavy atom. The summed E-state index contributed by atoms with van der Waals surface area (Å²) < 4.78 is 22.9. The molecule has 0 spiro atoms. The molecule has 4 heterocycles. The molecule has 49 heavy (non-hydrogen) atoms. The van der Waals surface area contributed by atoms with Crippen molar-refractivity contribution in [2.45, 2.75) is 37.8 Å². The Labute approximate surface area is 331 Å². The van der Waals surface area contributed by atoms with Gasteiger partial charge in [0.1, 0.15) is 5.82 Å². The number of benzene rings is 2. The monoisotopic (exact) mass is 710 g/mol. The summed E-state index contributed by atoms with van der Waals surface area (Å²) in [5.41, 5.74) is 1.14. The second-order valence-electron chi connectivity index (χ2n) is 11.2. The van der Waals surface area contributed by atoms with Crippen molar-refractivity contribution in [2.75, 3.05) is 83.7 Å². The molecule has 18 heteroatoms. The Hall–Kier alpha value is -1.80. The maximum Gasteiger partial charge on any atom is 1.00 e. The molecule has 6 rings (SSSR count). The molecule has 4 aliphatic heterocycles. The summed E-state index contributed by atoms with van der Waals surface area (Å²) in [6, 6.07) is 12.7. The Balaban J connectivity index is 0.000000711. The molecular formula is C31H45FN6Na2O9. The molecule has 2 aromatic carbocycles. The van der Waals surface area contributed by atoms with Crippen LogP contribution in [0.4, 0.5) is 21.5 Å². The second-order valence-corrected chi connectivity index (χ2v) is 11.2. The largest absolute Gasteiger partial charge is 1.00 e. The number of non-ortho nitro benzene ring substituents is 2. The van der Waals surface area contributed by atoms with Crippen LogP contribution in [0.25, 0.3) is 0 Å². The number of ether oxygens (including phenoxy) is 2. The number of nitrogens with zero attached hydrogens (tertiary/aromatic N) is 5. The van der Waals surface area contributed by atoms with Gasteiger partial charge in [0.15, 0.2) is 0 Å². The van der Waals surface area contributed by atoms with E-state index >= 15 is 0 Å². The molecule has 4 aliphatic rings. The minimum absolute atomic E-state index is 0. The number of nitro benzene ring substituents is 2. The summed E-state index contributed by atoms with van der Waals surface area (Å²) in [6.07, 6.45) is 4.94. The molecule has 0 amide bonds. The number of hydrogen-bond acceptors (Lipinski definition) is 13. The molecule has 0 unspecified atom stereocenters. The first-order valence-corrected chi connectivity index (χ1v) is 15.8. The molecule has 0 saturated carbocycles. The van der Waals surface area contributed by atoms with E-state index in [-0.39, 0.29) is 83.3 Å². The van der Waals surface area contributed by atoms with Crippen molar-refractivity contribution in [3.63, 3.8) is 0 Å². The number of carbonyl (C=O) groups excluding carboxylic acids is 1. The van der Waals surface area contributed by atoms with Gasteiger partial charge in [-0.1, -0.05) is 0 Å². The third-order valence-electron chi connectivity index (χ3n) is 8.40. The molecule has 1 N–H and O–H groups in total. The van der Waals surface area contributed by atoms with E-state index in [1.54, 1.807) is 12.1 Å². The van der Waals surface area contributed by atoms with Gasteiger partial charge in [0.25, 0.3) is 17.8 Å². The van der Waals surface area contributed by atoms with E-state index in [2.05, 4.69) is 24.9 Å².